The van der Waals surface area contributed by atoms with E-state index in [2.05, 4.69) is 5.32 Å². The second-order valence-electron chi connectivity index (χ2n) is 4.54. The number of halogens is 2. The van der Waals surface area contributed by atoms with Crippen molar-refractivity contribution in [1.29, 1.82) is 0 Å². The first-order valence-electron chi connectivity index (χ1n) is 6.04. The van der Waals surface area contributed by atoms with Crippen molar-refractivity contribution in [2.75, 3.05) is 6.54 Å². The molecule has 0 bridgehead atoms. The molecule has 1 aromatic carbocycles. The largest absolute Gasteiger partial charge is 0.311 e. The van der Waals surface area contributed by atoms with E-state index in [-0.39, 0.29) is 17.7 Å². The van der Waals surface area contributed by atoms with Gasteiger partial charge in [0.05, 0.1) is 0 Å². The van der Waals surface area contributed by atoms with E-state index in [4.69, 9.17) is 0 Å². The Labute approximate surface area is 101 Å². The minimum atomic E-state index is -0.365. The lowest BCUT2D eigenvalue weighted by molar-refractivity contribution is 0.455. The summed E-state index contributed by atoms with van der Waals surface area (Å²) in [7, 11) is 0. The Hall–Kier alpha value is -1.22. The monoisotopic (exact) mass is 237 g/mol. The Bertz CT molecular complexity index is 420. The van der Waals surface area contributed by atoms with Gasteiger partial charge >= 0.3 is 0 Å². The maximum absolute atomic E-state index is 13.5. The highest BCUT2D eigenvalue weighted by molar-refractivity contribution is 5.51. The summed E-state index contributed by atoms with van der Waals surface area (Å²) in [5.41, 5.74) is 0.663. The fourth-order valence-electron chi connectivity index (χ4n) is 2.05. The molecule has 3 heteroatoms. The Morgan fingerprint density at radius 2 is 2.06 bits per heavy atom. The molecule has 1 heterocycles. The molecule has 0 aliphatic carbocycles. The number of rotatable bonds is 2. The van der Waals surface area contributed by atoms with Crippen molar-refractivity contribution in [3.05, 3.63) is 41.0 Å². The standard InChI is InChI=1S/C14H17F2N/c1-10-8-14(16)11(9-13(10)15)5-6-12-4-2-3-7-17-12/h5-6,8-9,12,17H,2-4,7H2,1H3/b6-5+. The van der Waals surface area contributed by atoms with Gasteiger partial charge in [-0.3, -0.25) is 0 Å². The molecule has 1 saturated heterocycles. The Morgan fingerprint density at radius 1 is 1.24 bits per heavy atom. The van der Waals surface area contributed by atoms with Gasteiger partial charge < -0.3 is 5.32 Å². The van der Waals surface area contributed by atoms with Gasteiger partial charge in [-0.05, 0) is 44.0 Å². The van der Waals surface area contributed by atoms with E-state index < -0.39 is 0 Å². The lowest BCUT2D eigenvalue weighted by Gasteiger charge is -2.20. The zero-order valence-corrected chi connectivity index (χ0v) is 9.97. The molecule has 92 valence electrons. The predicted molar refractivity (Wildman–Crippen MR) is 65.8 cm³/mol. The molecule has 0 aromatic heterocycles. The van der Waals surface area contributed by atoms with Crippen LogP contribution in [0.2, 0.25) is 0 Å². The van der Waals surface area contributed by atoms with Crippen molar-refractivity contribution < 1.29 is 8.78 Å². The second-order valence-corrected chi connectivity index (χ2v) is 4.54. The van der Waals surface area contributed by atoms with Gasteiger partial charge in [0.15, 0.2) is 0 Å². The topological polar surface area (TPSA) is 12.0 Å². The summed E-state index contributed by atoms with van der Waals surface area (Å²) in [6.45, 7) is 2.56. The Balaban J connectivity index is 2.12. The number of hydrogen-bond donors (Lipinski definition) is 1. The van der Waals surface area contributed by atoms with E-state index in [1.165, 1.54) is 25.0 Å². The molecular formula is C14H17F2N. The summed E-state index contributed by atoms with van der Waals surface area (Å²) in [5, 5.41) is 3.33. The first kappa shape index (κ1) is 12.2. The van der Waals surface area contributed by atoms with Crippen LogP contribution >= 0.6 is 0 Å². The summed E-state index contributed by atoms with van der Waals surface area (Å²) in [4.78, 5) is 0. The van der Waals surface area contributed by atoms with E-state index in [0.29, 0.717) is 11.1 Å². The molecule has 1 atom stereocenters. The Kier molecular flexibility index (Phi) is 3.89. The zero-order chi connectivity index (χ0) is 12.3. The lowest BCUT2D eigenvalue weighted by atomic mass is 10.0. The van der Waals surface area contributed by atoms with Crippen molar-refractivity contribution in [1.82, 2.24) is 5.32 Å². The SMILES string of the molecule is Cc1cc(F)c(/C=C/C2CCCCN2)cc1F. The molecule has 2 rings (SSSR count). The molecule has 1 nitrogen and oxygen atoms in total. The molecule has 1 aromatic rings. The Morgan fingerprint density at radius 3 is 2.76 bits per heavy atom. The van der Waals surface area contributed by atoms with Crippen LogP contribution in [-0.2, 0) is 0 Å². The lowest BCUT2D eigenvalue weighted by Crippen LogP contribution is -2.32. The average molecular weight is 237 g/mol. The highest BCUT2D eigenvalue weighted by atomic mass is 19.1. The van der Waals surface area contributed by atoms with Crippen LogP contribution in [0.1, 0.15) is 30.4 Å². The smallest absolute Gasteiger partial charge is 0.130 e. The van der Waals surface area contributed by atoms with Crippen molar-refractivity contribution >= 4 is 6.08 Å². The average Bonchev–Trinajstić information content (AvgIpc) is 2.33. The second kappa shape index (κ2) is 5.41. The van der Waals surface area contributed by atoms with Crippen molar-refractivity contribution in [3.8, 4) is 0 Å². The first-order valence-corrected chi connectivity index (χ1v) is 6.04. The van der Waals surface area contributed by atoms with Crippen LogP contribution in [0.5, 0.6) is 0 Å². The van der Waals surface area contributed by atoms with Gasteiger partial charge in [0.25, 0.3) is 0 Å². The third-order valence-electron chi connectivity index (χ3n) is 3.13. The number of nitrogens with one attached hydrogen (secondary N) is 1. The van der Waals surface area contributed by atoms with Gasteiger partial charge in [-0.2, -0.15) is 0 Å². The van der Waals surface area contributed by atoms with Crippen LogP contribution in [0, 0.1) is 18.6 Å². The number of hydrogen-bond acceptors (Lipinski definition) is 1. The van der Waals surface area contributed by atoms with E-state index in [9.17, 15) is 8.78 Å². The van der Waals surface area contributed by atoms with Gasteiger partial charge in [-0.25, -0.2) is 8.78 Å². The zero-order valence-electron chi connectivity index (χ0n) is 9.97. The fourth-order valence-corrected chi connectivity index (χ4v) is 2.05. The quantitative estimate of drug-likeness (QED) is 0.831. The van der Waals surface area contributed by atoms with Crippen molar-refractivity contribution in [2.45, 2.75) is 32.2 Å². The van der Waals surface area contributed by atoms with Gasteiger partial charge in [0.1, 0.15) is 11.6 Å². The fraction of sp³-hybridized carbons (Fsp3) is 0.429. The van der Waals surface area contributed by atoms with E-state index in [0.717, 1.165) is 13.0 Å². The van der Waals surface area contributed by atoms with Crippen LogP contribution in [0.4, 0.5) is 8.78 Å². The van der Waals surface area contributed by atoms with Crippen LogP contribution in [-0.4, -0.2) is 12.6 Å². The van der Waals surface area contributed by atoms with E-state index >= 15 is 0 Å². The molecule has 1 unspecified atom stereocenters. The van der Waals surface area contributed by atoms with Crippen molar-refractivity contribution in [3.63, 3.8) is 0 Å². The summed E-state index contributed by atoms with van der Waals surface area (Å²) < 4.78 is 26.9. The van der Waals surface area contributed by atoms with Crippen LogP contribution < -0.4 is 5.32 Å². The highest BCUT2D eigenvalue weighted by Crippen LogP contribution is 2.17. The molecule has 1 N–H and O–H groups in total. The third kappa shape index (κ3) is 3.13. The van der Waals surface area contributed by atoms with Gasteiger partial charge in [-0.15, -0.1) is 0 Å². The molecule has 0 saturated carbocycles. The molecule has 0 radical (unpaired) electrons. The predicted octanol–water partition coefficient (Wildman–Crippen LogP) is 3.43. The molecule has 1 aliphatic rings. The summed E-state index contributed by atoms with van der Waals surface area (Å²) >= 11 is 0. The van der Waals surface area contributed by atoms with Gasteiger partial charge in [0.2, 0.25) is 0 Å². The highest BCUT2D eigenvalue weighted by Gasteiger charge is 2.09. The number of benzene rings is 1. The molecule has 17 heavy (non-hydrogen) atoms. The van der Waals surface area contributed by atoms with E-state index in [1.54, 1.807) is 13.0 Å². The first-order chi connectivity index (χ1) is 8.16. The molecule has 0 spiro atoms. The molecule has 1 aliphatic heterocycles. The number of piperidine rings is 1. The molecular weight excluding hydrogens is 220 g/mol. The maximum atomic E-state index is 13.5. The van der Waals surface area contributed by atoms with Crippen LogP contribution in [0.3, 0.4) is 0 Å². The maximum Gasteiger partial charge on any atom is 0.130 e. The number of aryl methyl sites for hydroxylation is 1. The normalized spacial score (nSPS) is 21.0. The summed E-state index contributed by atoms with van der Waals surface area (Å²) in [5.74, 6) is -0.724. The molecule has 0 amide bonds. The van der Waals surface area contributed by atoms with Crippen LogP contribution in [0.15, 0.2) is 18.2 Å². The van der Waals surface area contributed by atoms with Crippen molar-refractivity contribution in [2.24, 2.45) is 0 Å². The minimum Gasteiger partial charge on any atom is -0.311 e. The van der Waals surface area contributed by atoms with Gasteiger partial charge in [-0.1, -0.05) is 18.6 Å². The molecule has 1 fully saturated rings. The summed E-state index contributed by atoms with van der Waals surface area (Å²) in [6.07, 6.45) is 7.03. The third-order valence-corrected chi connectivity index (χ3v) is 3.13. The minimum absolute atomic E-state index is 0.285. The van der Waals surface area contributed by atoms with E-state index in [1.807, 2.05) is 6.08 Å². The van der Waals surface area contributed by atoms with Crippen LogP contribution in [0.25, 0.3) is 6.08 Å². The van der Waals surface area contributed by atoms with Gasteiger partial charge in [0, 0.05) is 11.6 Å². The summed E-state index contributed by atoms with van der Waals surface area (Å²) in [6, 6.07) is 2.78.